The van der Waals surface area contributed by atoms with Crippen LogP contribution in [0.1, 0.15) is 18.4 Å². The van der Waals surface area contributed by atoms with Crippen LogP contribution in [0.4, 0.5) is 0 Å². The van der Waals surface area contributed by atoms with Crippen LogP contribution >= 0.6 is 0 Å². The zero-order valence-electron chi connectivity index (χ0n) is 11.7. The monoisotopic (exact) mass is 269 g/mol. The quantitative estimate of drug-likeness (QED) is 0.480. The summed E-state index contributed by atoms with van der Waals surface area (Å²) in [5.74, 6) is -0.301. The third kappa shape index (κ3) is 2.41. The van der Waals surface area contributed by atoms with Gasteiger partial charge in [-0.15, -0.1) is 0 Å². The van der Waals surface area contributed by atoms with E-state index in [4.69, 9.17) is 4.74 Å². The van der Waals surface area contributed by atoms with Crippen LogP contribution in [0, 0.1) is 0 Å². The summed E-state index contributed by atoms with van der Waals surface area (Å²) in [6, 6.07) is 10.3. The molecule has 1 saturated heterocycles. The van der Waals surface area contributed by atoms with Crippen molar-refractivity contribution in [3.8, 4) is 0 Å². The third-order valence-corrected chi connectivity index (χ3v) is 4.25. The lowest BCUT2D eigenvalue weighted by atomic mass is 9.99. The molecule has 0 aliphatic carbocycles. The van der Waals surface area contributed by atoms with E-state index in [1.165, 1.54) is 0 Å². The highest BCUT2D eigenvalue weighted by Gasteiger charge is 2.36. The van der Waals surface area contributed by atoms with Crippen LogP contribution in [0.15, 0.2) is 49.1 Å². The highest BCUT2D eigenvalue weighted by atomic mass is 16.5. The molecule has 3 rings (SSSR count). The molecular formula is C17H19NO2. The SMILES string of the molecule is C=C(C(=O)OC1CC2C=CC(C1)N2C)c1ccccc1. The number of carbonyl (C=O) groups excluding carboxylic acids is 1. The second-order valence-corrected chi connectivity index (χ2v) is 5.53. The molecule has 2 aliphatic heterocycles. The van der Waals surface area contributed by atoms with Crippen molar-refractivity contribution >= 4 is 11.5 Å². The number of fused-ring (bicyclic) bond motifs is 2. The molecule has 2 bridgehead atoms. The van der Waals surface area contributed by atoms with Gasteiger partial charge >= 0.3 is 5.97 Å². The van der Waals surface area contributed by atoms with Gasteiger partial charge in [0.2, 0.25) is 0 Å². The summed E-state index contributed by atoms with van der Waals surface area (Å²) >= 11 is 0. The number of benzene rings is 1. The Morgan fingerprint density at radius 3 is 2.40 bits per heavy atom. The predicted molar refractivity (Wildman–Crippen MR) is 79.1 cm³/mol. The highest BCUT2D eigenvalue weighted by Crippen LogP contribution is 2.31. The summed E-state index contributed by atoms with van der Waals surface area (Å²) in [7, 11) is 2.12. The fraction of sp³-hybridized carbons (Fsp3) is 0.353. The van der Waals surface area contributed by atoms with Crippen molar-refractivity contribution in [3.05, 3.63) is 54.6 Å². The molecule has 0 spiro atoms. The smallest absolute Gasteiger partial charge is 0.338 e. The van der Waals surface area contributed by atoms with Gasteiger partial charge in [0.25, 0.3) is 0 Å². The number of esters is 1. The van der Waals surface area contributed by atoms with Crippen molar-refractivity contribution in [3.63, 3.8) is 0 Å². The van der Waals surface area contributed by atoms with Crippen LogP contribution in [0.2, 0.25) is 0 Å². The average molecular weight is 269 g/mol. The molecule has 20 heavy (non-hydrogen) atoms. The van der Waals surface area contributed by atoms with Gasteiger partial charge in [0.05, 0.1) is 5.57 Å². The molecule has 104 valence electrons. The molecule has 2 unspecified atom stereocenters. The van der Waals surface area contributed by atoms with Gasteiger partial charge in [-0.3, -0.25) is 4.90 Å². The molecule has 0 radical (unpaired) electrons. The number of piperidine rings is 1. The maximum Gasteiger partial charge on any atom is 0.338 e. The molecular weight excluding hydrogens is 250 g/mol. The predicted octanol–water partition coefficient (Wildman–Crippen LogP) is 2.64. The average Bonchev–Trinajstić information content (AvgIpc) is 2.69. The Labute approximate surface area is 119 Å². The molecule has 0 saturated carbocycles. The lowest BCUT2D eigenvalue weighted by Crippen LogP contribution is -2.44. The highest BCUT2D eigenvalue weighted by molar-refractivity contribution is 6.15. The van der Waals surface area contributed by atoms with E-state index in [2.05, 4.69) is 30.7 Å². The van der Waals surface area contributed by atoms with Gasteiger partial charge in [-0.2, -0.15) is 0 Å². The Kier molecular flexibility index (Phi) is 3.45. The van der Waals surface area contributed by atoms with E-state index in [0.29, 0.717) is 17.7 Å². The van der Waals surface area contributed by atoms with Crippen LogP contribution < -0.4 is 0 Å². The molecule has 3 nitrogen and oxygen atoms in total. The van der Waals surface area contributed by atoms with Crippen LogP contribution in [0.5, 0.6) is 0 Å². The first kappa shape index (κ1) is 13.1. The van der Waals surface area contributed by atoms with Crippen molar-refractivity contribution in [2.24, 2.45) is 0 Å². The number of ether oxygens (including phenoxy) is 1. The Bertz CT molecular complexity index is 533. The molecule has 0 aromatic heterocycles. The van der Waals surface area contributed by atoms with Crippen molar-refractivity contribution in [2.75, 3.05) is 7.05 Å². The first-order valence-corrected chi connectivity index (χ1v) is 7.00. The fourth-order valence-electron chi connectivity index (χ4n) is 2.97. The van der Waals surface area contributed by atoms with E-state index in [1.807, 2.05) is 30.3 Å². The summed E-state index contributed by atoms with van der Waals surface area (Å²) < 4.78 is 5.63. The number of hydrogen-bond acceptors (Lipinski definition) is 3. The van der Waals surface area contributed by atoms with Crippen LogP contribution in [-0.4, -0.2) is 36.1 Å². The lowest BCUT2D eigenvalue weighted by Gasteiger charge is -2.36. The molecule has 0 N–H and O–H groups in total. The normalized spacial score (nSPS) is 28.4. The maximum atomic E-state index is 12.2. The third-order valence-electron chi connectivity index (χ3n) is 4.25. The van der Waals surface area contributed by atoms with E-state index in [0.717, 1.165) is 18.4 Å². The molecule has 1 aromatic rings. The summed E-state index contributed by atoms with van der Waals surface area (Å²) in [5.41, 5.74) is 1.26. The van der Waals surface area contributed by atoms with Crippen molar-refractivity contribution in [1.82, 2.24) is 4.90 Å². The van der Waals surface area contributed by atoms with Gasteiger partial charge < -0.3 is 4.74 Å². The Morgan fingerprint density at radius 2 is 1.80 bits per heavy atom. The van der Waals surface area contributed by atoms with Crippen LogP contribution in [0.25, 0.3) is 5.57 Å². The minimum atomic E-state index is -0.301. The minimum absolute atomic E-state index is 0.0100. The van der Waals surface area contributed by atoms with Crippen LogP contribution in [0.3, 0.4) is 0 Å². The van der Waals surface area contributed by atoms with E-state index in [-0.39, 0.29) is 12.1 Å². The summed E-state index contributed by atoms with van der Waals surface area (Å²) in [4.78, 5) is 14.5. The number of carbonyl (C=O) groups is 1. The van der Waals surface area contributed by atoms with Crippen LogP contribution in [-0.2, 0) is 9.53 Å². The zero-order chi connectivity index (χ0) is 14.1. The maximum absolute atomic E-state index is 12.2. The summed E-state index contributed by atoms with van der Waals surface area (Å²) in [5, 5.41) is 0. The molecule has 2 heterocycles. The first-order chi connectivity index (χ1) is 9.65. The number of hydrogen-bond donors (Lipinski definition) is 0. The van der Waals surface area contributed by atoms with E-state index >= 15 is 0 Å². The van der Waals surface area contributed by atoms with Gasteiger partial charge in [0, 0.05) is 24.9 Å². The number of likely N-dealkylation sites (N-methyl/N-ethyl adjacent to an activating group) is 1. The minimum Gasteiger partial charge on any atom is -0.459 e. The van der Waals surface area contributed by atoms with Gasteiger partial charge in [0.1, 0.15) is 6.10 Å². The second-order valence-electron chi connectivity index (χ2n) is 5.53. The van der Waals surface area contributed by atoms with Gasteiger partial charge in [-0.05, 0) is 12.6 Å². The molecule has 0 amide bonds. The van der Waals surface area contributed by atoms with Gasteiger partial charge in [-0.25, -0.2) is 4.79 Å². The lowest BCUT2D eigenvalue weighted by molar-refractivity contribution is -0.144. The Hall–Kier alpha value is -1.87. The fourth-order valence-corrected chi connectivity index (χ4v) is 2.97. The molecule has 2 aliphatic rings. The summed E-state index contributed by atoms with van der Waals surface area (Å²) in [6.07, 6.45) is 6.16. The van der Waals surface area contributed by atoms with Crippen molar-refractivity contribution in [2.45, 2.75) is 31.0 Å². The van der Waals surface area contributed by atoms with E-state index < -0.39 is 0 Å². The first-order valence-electron chi connectivity index (χ1n) is 7.00. The second kappa shape index (κ2) is 5.25. The number of nitrogens with zero attached hydrogens (tertiary/aromatic N) is 1. The molecule has 3 heteroatoms. The topological polar surface area (TPSA) is 29.5 Å². The zero-order valence-corrected chi connectivity index (χ0v) is 11.7. The van der Waals surface area contributed by atoms with Crippen molar-refractivity contribution in [1.29, 1.82) is 0 Å². The van der Waals surface area contributed by atoms with Crippen molar-refractivity contribution < 1.29 is 9.53 Å². The van der Waals surface area contributed by atoms with Gasteiger partial charge in [0.15, 0.2) is 0 Å². The Balaban J connectivity index is 1.62. The molecule has 1 fully saturated rings. The largest absolute Gasteiger partial charge is 0.459 e. The van der Waals surface area contributed by atoms with E-state index in [9.17, 15) is 4.79 Å². The van der Waals surface area contributed by atoms with E-state index in [1.54, 1.807) is 0 Å². The number of rotatable bonds is 3. The molecule has 2 atom stereocenters. The molecule has 1 aromatic carbocycles. The standard InChI is InChI=1S/C17H19NO2/c1-12(13-6-4-3-5-7-13)17(19)20-16-10-14-8-9-15(11-16)18(14)2/h3-9,14-16H,1,10-11H2,2H3. The summed E-state index contributed by atoms with van der Waals surface area (Å²) in [6.45, 7) is 3.86. The Morgan fingerprint density at radius 1 is 1.20 bits per heavy atom. The van der Waals surface area contributed by atoms with Gasteiger partial charge in [-0.1, -0.05) is 49.1 Å².